The SMILES string of the molecule is C[C@H]1CN(C(=O)c2ccn(-c3cccc(Cl)c3)n2)CCO1. The molecule has 0 aliphatic carbocycles. The molecule has 2 aromatic rings. The zero-order chi connectivity index (χ0) is 14.8. The van der Waals surface area contributed by atoms with E-state index in [-0.39, 0.29) is 12.0 Å². The van der Waals surface area contributed by atoms with Gasteiger partial charge in [0.25, 0.3) is 5.91 Å². The molecule has 0 N–H and O–H groups in total. The number of carbonyl (C=O) groups is 1. The van der Waals surface area contributed by atoms with E-state index in [2.05, 4.69) is 5.10 Å². The van der Waals surface area contributed by atoms with Gasteiger partial charge in [0.15, 0.2) is 5.69 Å². The van der Waals surface area contributed by atoms with Crippen LogP contribution >= 0.6 is 11.6 Å². The minimum atomic E-state index is -0.0640. The summed E-state index contributed by atoms with van der Waals surface area (Å²) in [6.07, 6.45) is 1.83. The minimum absolute atomic E-state index is 0.0640. The maximum atomic E-state index is 12.4. The highest BCUT2D eigenvalue weighted by atomic mass is 35.5. The van der Waals surface area contributed by atoms with Crippen molar-refractivity contribution in [1.29, 1.82) is 0 Å². The van der Waals surface area contributed by atoms with Crippen molar-refractivity contribution in [2.24, 2.45) is 0 Å². The maximum absolute atomic E-state index is 12.4. The van der Waals surface area contributed by atoms with Crippen molar-refractivity contribution in [3.05, 3.63) is 47.2 Å². The van der Waals surface area contributed by atoms with Gasteiger partial charge in [-0.25, -0.2) is 4.68 Å². The molecule has 0 spiro atoms. The van der Waals surface area contributed by atoms with Crippen LogP contribution in [0.4, 0.5) is 0 Å². The molecule has 3 rings (SSSR count). The second kappa shape index (κ2) is 5.87. The summed E-state index contributed by atoms with van der Waals surface area (Å²) in [5.74, 6) is -0.0640. The van der Waals surface area contributed by atoms with Crippen LogP contribution in [-0.2, 0) is 4.74 Å². The Labute approximate surface area is 128 Å². The van der Waals surface area contributed by atoms with Crippen LogP contribution in [0.25, 0.3) is 5.69 Å². The van der Waals surface area contributed by atoms with Crippen LogP contribution in [0, 0.1) is 0 Å². The Balaban J connectivity index is 1.80. The van der Waals surface area contributed by atoms with Crippen molar-refractivity contribution in [2.45, 2.75) is 13.0 Å². The van der Waals surface area contributed by atoms with Gasteiger partial charge in [-0.3, -0.25) is 4.79 Å². The van der Waals surface area contributed by atoms with Crippen molar-refractivity contribution < 1.29 is 9.53 Å². The van der Waals surface area contributed by atoms with Crippen molar-refractivity contribution in [1.82, 2.24) is 14.7 Å². The number of morpholine rings is 1. The lowest BCUT2D eigenvalue weighted by molar-refractivity contribution is -0.0126. The number of amides is 1. The zero-order valence-corrected chi connectivity index (χ0v) is 12.5. The van der Waals surface area contributed by atoms with Crippen LogP contribution in [0.15, 0.2) is 36.5 Å². The van der Waals surface area contributed by atoms with Gasteiger partial charge in [-0.15, -0.1) is 0 Å². The Bertz CT molecular complexity index is 656. The number of ether oxygens (including phenoxy) is 1. The quantitative estimate of drug-likeness (QED) is 0.856. The number of benzene rings is 1. The number of halogens is 1. The standard InChI is InChI=1S/C15H16ClN3O2/c1-11-10-18(7-8-21-11)15(20)14-5-6-19(17-14)13-4-2-3-12(16)9-13/h2-6,9,11H,7-8,10H2,1H3/t11-/m0/s1. The molecular weight excluding hydrogens is 290 g/mol. The highest BCUT2D eigenvalue weighted by molar-refractivity contribution is 6.30. The predicted octanol–water partition coefficient (Wildman–Crippen LogP) is 2.39. The van der Waals surface area contributed by atoms with Crippen LogP contribution in [0.5, 0.6) is 0 Å². The Kier molecular flexibility index (Phi) is 3.94. The first-order valence-electron chi connectivity index (χ1n) is 6.86. The fraction of sp³-hybridized carbons (Fsp3) is 0.333. The van der Waals surface area contributed by atoms with E-state index in [9.17, 15) is 4.79 Å². The molecule has 1 amide bonds. The van der Waals surface area contributed by atoms with Gasteiger partial charge in [0.05, 0.1) is 18.4 Å². The molecule has 1 atom stereocenters. The summed E-state index contributed by atoms with van der Waals surface area (Å²) in [5.41, 5.74) is 1.26. The zero-order valence-electron chi connectivity index (χ0n) is 11.7. The van der Waals surface area contributed by atoms with E-state index in [1.54, 1.807) is 34.0 Å². The van der Waals surface area contributed by atoms with Crippen molar-refractivity contribution in [2.75, 3.05) is 19.7 Å². The van der Waals surface area contributed by atoms with Gasteiger partial charge >= 0.3 is 0 Å². The lowest BCUT2D eigenvalue weighted by Crippen LogP contribution is -2.44. The molecule has 0 bridgehead atoms. The highest BCUT2D eigenvalue weighted by Gasteiger charge is 2.24. The number of aromatic nitrogens is 2. The topological polar surface area (TPSA) is 47.4 Å². The molecule has 5 nitrogen and oxygen atoms in total. The molecule has 1 aliphatic rings. The van der Waals surface area contributed by atoms with Crippen molar-refractivity contribution in [3.8, 4) is 5.69 Å². The summed E-state index contributed by atoms with van der Waals surface area (Å²) in [6, 6.07) is 9.08. The first-order valence-corrected chi connectivity index (χ1v) is 7.24. The van der Waals surface area contributed by atoms with Crippen molar-refractivity contribution >= 4 is 17.5 Å². The third-order valence-electron chi connectivity index (χ3n) is 3.41. The third kappa shape index (κ3) is 3.09. The van der Waals surface area contributed by atoms with Gasteiger partial charge < -0.3 is 9.64 Å². The monoisotopic (exact) mass is 305 g/mol. The molecule has 2 heterocycles. The smallest absolute Gasteiger partial charge is 0.274 e. The fourth-order valence-electron chi connectivity index (χ4n) is 2.37. The molecule has 1 aromatic carbocycles. The van der Waals surface area contributed by atoms with Crippen LogP contribution in [0.2, 0.25) is 5.02 Å². The van der Waals surface area contributed by atoms with Gasteiger partial charge in [-0.2, -0.15) is 5.10 Å². The van der Waals surface area contributed by atoms with Gasteiger partial charge in [-0.1, -0.05) is 17.7 Å². The second-order valence-electron chi connectivity index (χ2n) is 5.06. The minimum Gasteiger partial charge on any atom is -0.375 e. The highest BCUT2D eigenvalue weighted by Crippen LogP contribution is 2.15. The van der Waals surface area contributed by atoms with E-state index in [0.29, 0.717) is 30.4 Å². The van der Waals surface area contributed by atoms with Crippen molar-refractivity contribution in [3.63, 3.8) is 0 Å². The Hall–Kier alpha value is -1.85. The number of hydrogen-bond acceptors (Lipinski definition) is 3. The van der Waals surface area contributed by atoms with Crippen LogP contribution in [0.3, 0.4) is 0 Å². The number of nitrogens with zero attached hydrogens (tertiary/aromatic N) is 3. The number of carbonyl (C=O) groups excluding carboxylic acids is 1. The lowest BCUT2D eigenvalue weighted by atomic mass is 10.2. The van der Waals surface area contributed by atoms with Gasteiger partial charge in [-0.05, 0) is 31.2 Å². The molecular formula is C15H16ClN3O2. The van der Waals surface area contributed by atoms with E-state index in [4.69, 9.17) is 16.3 Å². The van der Waals surface area contributed by atoms with E-state index in [1.807, 2.05) is 19.1 Å². The van der Waals surface area contributed by atoms with Gasteiger partial charge in [0.2, 0.25) is 0 Å². The molecule has 0 saturated carbocycles. The van der Waals surface area contributed by atoms with Crippen LogP contribution in [0.1, 0.15) is 17.4 Å². The third-order valence-corrected chi connectivity index (χ3v) is 3.64. The van der Waals surface area contributed by atoms with E-state index < -0.39 is 0 Å². The van der Waals surface area contributed by atoms with E-state index >= 15 is 0 Å². The summed E-state index contributed by atoms with van der Waals surface area (Å²) < 4.78 is 7.10. The normalized spacial score (nSPS) is 18.8. The predicted molar refractivity (Wildman–Crippen MR) is 79.9 cm³/mol. The molecule has 110 valence electrons. The van der Waals surface area contributed by atoms with Crippen LogP contribution < -0.4 is 0 Å². The van der Waals surface area contributed by atoms with Gasteiger partial charge in [0.1, 0.15) is 0 Å². The molecule has 1 aromatic heterocycles. The summed E-state index contributed by atoms with van der Waals surface area (Å²) in [5, 5.41) is 4.98. The molecule has 21 heavy (non-hydrogen) atoms. The number of rotatable bonds is 2. The largest absolute Gasteiger partial charge is 0.375 e. The molecule has 1 fully saturated rings. The number of hydrogen-bond donors (Lipinski definition) is 0. The average Bonchev–Trinajstić information content (AvgIpc) is 2.96. The lowest BCUT2D eigenvalue weighted by Gasteiger charge is -2.30. The average molecular weight is 306 g/mol. The first kappa shape index (κ1) is 14.1. The fourth-order valence-corrected chi connectivity index (χ4v) is 2.55. The first-order chi connectivity index (χ1) is 10.1. The molecule has 6 heteroatoms. The summed E-state index contributed by atoms with van der Waals surface area (Å²) in [7, 11) is 0. The van der Waals surface area contributed by atoms with E-state index in [1.165, 1.54) is 0 Å². The second-order valence-corrected chi connectivity index (χ2v) is 5.49. The van der Waals surface area contributed by atoms with E-state index in [0.717, 1.165) is 5.69 Å². The molecule has 1 aliphatic heterocycles. The van der Waals surface area contributed by atoms with Crippen LogP contribution in [-0.4, -0.2) is 46.4 Å². The maximum Gasteiger partial charge on any atom is 0.274 e. The Morgan fingerprint density at radius 2 is 2.29 bits per heavy atom. The summed E-state index contributed by atoms with van der Waals surface area (Å²) in [6.45, 7) is 3.74. The molecule has 1 saturated heterocycles. The van der Waals surface area contributed by atoms with Gasteiger partial charge in [0, 0.05) is 24.3 Å². The summed E-state index contributed by atoms with van der Waals surface area (Å²) in [4.78, 5) is 14.2. The summed E-state index contributed by atoms with van der Waals surface area (Å²) >= 11 is 5.97. The molecule has 0 radical (unpaired) electrons. The molecule has 0 unspecified atom stereocenters. The Morgan fingerprint density at radius 3 is 3.05 bits per heavy atom. The Morgan fingerprint density at radius 1 is 1.43 bits per heavy atom.